The van der Waals surface area contributed by atoms with Crippen LogP contribution in [0.25, 0.3) is 11.1 Å². The van der Waals surface area contributed by atoms with Crippen molar-refractivity contribution in [1.29, 1.82) is 0 Å². The van der Waals surface area contributed by atoms with Crippen LogP contribution in [0.3, 0.4) is 0 Å². The van der Waals surface area contributed by atoms with E-state index in [0.29, 0.717) is 16.9 Å². The van der Waals surface area contributed by atoms with Crippen molar-refractivity contribution < 1.29 is 28.2 Å². The summed E-state index contributed by atoms with van der Waals surface area (Å²) < 4.78 is 29.7. The molecular weight excluding hydrogens is 351 g/mol. The molecule has 0 heterocycles. The van der Waals surface area contributed by atoms with Gasteiger partial charge in [0.1, 0.15) is 11.5 Å². The van der Waals surface area contributed by atoms with E-state index in [1.807, 2.05) is 0 Å². The molecule has 0 atom stereocenters. The molecule has 0 bridgehead atoms. The standard InChI is InChI=1S/C21H19FO5/c1-12(2)20(23)26-15-7-8-16(19(11-15)25-5)14-6-9-18(17(22)10-14)27-21(24)13(3)4/h6-11H,1,3H2,2,4-5H3. The second-order valence-electron chi connectivity index (χ2n) is 5.85. The highest BCUT2D eigenvalue weighted by molar-refractivity contribution is 5.89. The fraction of sp³-hybridized carbons (Fsp3) is 0.143. The average molecular weight is 370 g/mol. The van der Waals surface area contributed by atoms with Crippen LogP contribution in [0.2, 0.25) is 0 Å². The lowest BCUT2D eigenvalue weighted by atomic mass is 10.0. The van der Waals surface area contributed by atoms with Crippen LogP contribution in [0.1, 0.15) is 13.8 Å². The predicted octanol–water partition coefficient (Wildman–Crippen LogP) is 4.46. The minimum absolute atomic E-state index is 0.167. The van der Waals surface area contributed by atoms with Crippen LogP contribution in [0.5, 0.6) is 17.2 Å². The number of ether oxygens (including phenoxy) is 3. The summed E-state index contributed by atoms with van der Waals surface area (Å²) in [5, 5.41) is 0. The van der Waals surface area contributed by atoms with E-state index in [-0.39, 0.29) is 22.6 Å². The molecule has 0 unspecified atom stereocenters. The number of esters is 2. The summed E-state index contributed by atoms with van der Waals surface area (Å²) in [5.74, 6) is -1.51. The molecule has 0 fully saturated rings. The van der Waals surface area contributed by atoms with Crippen LogP contribution >= 0.6 is 0 Å². The lowest BCUT2D eigenvalue weighted by Crippen LogP contribution is -2.09. The number of halogens is 1. The maximum Gasteiger partial charge on any atom is 0.338 e. The number of carbonyl (C=O) groups excluding carboxylic acids is 2. The van der Waals surface area contributed by atoms with Gasteiger partial charge in [0.15, 0.2) is 11.6 Å². The third-order valence-electron chi connectivity index (χ3n) is 3.53. The zero-order valence-electron chi connectivity index (χ0n) is 15.3. The topological polar surface area (TPSA) is 61.8 Å². The molecule has 6 heteroatoms. The first kappa shape index (κ1) is 19.9. The van der Waals surface area contributed by atoms with Crippen molar-refractivity contribution in [2.45, 2.75) is 13.8 Å². The Bertz CT molecular complexity index is 930. The Balaban J connectivity index is 2.33. The maximum atomic E-state index is 14.3. The van der Waals surface area contributed by atoms with E-state index in [2.05, 4.69) is 13.2 Å². The van der Waals surface area contributed by atoms with Gasteiger partial charge >= 0.3 is 11.9 Å². The minimum Gasteiger partial charge on any atom is -0.496 e. The molecule has 0 radical (unpaired) electrons. The Labute approximate surface area is 156 Å². The molecule has 2 rings (SSSR count). The van der Waals surface area contributed by atoms with Crippen LogP contribution in [0.15, 0.2) is 60.7 Å². The first-order valence-corrected chi connectivity index (χ1v) is 7.96. The summed E-state index contributed by atoms with van der Waals surface area (Å²) >= 11 is 0. The number of rotatable bonds is 6. The predicted molar refractivity (Wildman–Crippen MR) is 99.3 cm³/mol. The zero-order chi connectivity index (χ0) is 20.1. The Morgan fingerprint density at radius 3 is 2.07 bits per heavy atom. The molecule has 2 aromatic rings. The van der Waals surface area contributed by atoms with Crippen LogP contribution in [0, 0.1) is 5.82 Å². The van der Waals surface area contributed by atoms with Crippen molar-refractivity contribution in [3.63, 3.8) is 0 Å². The Kier molecular flexibility index (Phi) is 6.13. The van der Waals surface area contributed by atoms with Gasteiger partial charge in [-0.25, -0.2) is 14.0 Å². The molecule has 0 amide bonds. The van der Waals surface area contributed by atoms with Crippen molar-refractivity contribution in [3.05, 3.63) is 66.5 Å². The highest BCUT2D eigenvalue weighted by Gasteiger charge is 2.15. The van der Waals surface area contributed by atoms with Gasteiger partial charge in [0.2, 0.25) is 0 Å². The highest BCUT2D eigenvalue weighted by Crippen LogP contribution is 2.35. The third-order valence-corrected chi connectivity index (χ3v) is 3.53. The quantitative estimate of drug-likeness (QED) is 0.427. The van der Waals surface area contributed by atoms with Gasteiger partial charge in [0.25, 0.3) is 0 Å². The van der Waals surface area contributed by atoms with Crippen molar-refractivity contribution in [1.82, 2.24) is 0 Å². The molecule has 5 nitrogen and oxygen atoms in total. The highest BCUT2D eigenvalue weighted by atomic mass is 19.1. The van der Waals surface area contributed by atoms with E-state index in [0.717, 1.165) is 0 Å². The Morgan fingerprint density at radius 2 is 1.52 bits per heavy atom. The summed E-state index contributed by atoms with van der Waals surface area (Å²) in [4.78, 5) is 23.2. The van der Waals surface area contributed by atoms with Gasteiger partial charge in [-0.15, -0.1) is 0 Å². The van der Waals surface area contributed by atoms with Crippen LogP contribution < -0.4 is 14.2 Å². The van der Waals surface area contributed by atoms with Gasteiger partial charge in [-0.3, -0.25) is 0 Å². The molecule has 2 aromatic carbocycles. The molecule has 0 aromatic heterocycles. The summed E-state index contributed by atoms with van der Waals surface area (Å²) in [5.41, 5.74) is 1.50. The summed E-state index contributed by atoms with van der Waals surface area (Å²) in [6.07, 6.45) is 0. The van der Waals surface area contributed by atoms with Crippen molar-refractivity contribution in [3.8, 4) is 28.4 Å². The largest absolute Gasteiger partial charge is 0.496 e. The first-order chi connectivity index (χ1) is 12.7. The van der Waals surface area contributed by atoms with E-state index in [1.54, 1.807) is 25.1 Å². The van der Waals surface area contributed by atoms with Gasteiger partial charge in [-0.05, 0) is 43.7 Å². The first-order valence-electron chi connectivity index (χ1n) is 7.96. The monoisotopic (exact) mass is 370 g/mol. The van der Waals surface area contributed by atoms with E-state index >= 15 is 0 Å². The van der Waals surface area contributed by atoms with Gasteiger partial charge in [0, 0.05) is 22.8 Å². The lowest BCUT2D eigenvalue weighted by Gasteiger charge is -2.12. The molecule has 27 heavy (non-hydrogen) atoms. The molecule has 0 saturated heterocycles. The number of hydrogen-bond donors (Lipinski definition) is 0. The van der Waals surface area contributed by atoms with E-state index in [9.17, 15) is 14.0 Å². The fourth-order valence-corrected chi connectivity index (χ4v) is 2.11. The van der Waals surface area contributed by atoms with Gasteiger partial charge in [0.05, 0.1) is 7.11 Å². The molecule has 140 valence electrons. The Hall–Kier alpha value is -3.41. The van der Waals surface area contributed by atoms with Crippen molar-refractivity contribution >= 4 is 11.9 Å². The second kappa shape index (κ2) is 8.31. The van der Waals surface area contributed by atoms with E-state index in [1.165, 1.54) is 32.2 Å². The Morgan fingerprint density at radius 1 is 0.889 bits per heavy atom. The van der Waals surface area contributed by atoms with E-state index < -0.39 is 17.8 Å². The average Bonchev–Trinajstić information content (AvgIpc) is 2.62. The summed E-state index contributed by atoms with van der Waals surface area (Å²) in [6.45, 7) is 9.99. The molecule has 0 aliphatic rings. The SMILES string of the molecule is C=C(C)C(=O)Oc1ccc(-c2ccc(OC(=O)C(=C)C)c(F)c2)c(OC)c1. The molecule has 0 aliphatic carbocycles. The summed E-state index contributed by atoms with van der Waals surface area (Å²) in [7, 11) is 1.45. The third kappa shape index (κ3) is 4.82. The van der Waals surface area contributed by atoms with Crippen LogP contribution in [0.4, 0.5) is 4.39 Å². The number of benzene rings is 2. The van der Waals surface area contributed by atoms with Crippen LogP contribution in [-0.4, -0.2) is 19.0 Å². The van der Waals surface area contributed by atoms with Gasteiger partial charge in [-0.2, -0.15) is 0 Å². The van der Waals surface area contributed by atoms with Gasteiger partial charge in [-0.1, -0.05) is 19.2 Å². The molecule has 0 spiro atoms. The summed E-state index contributed by atoms with van der Waals surface area (Å²) in [6, 6.07) is 8.86. The fourth-order valence-electron chi connectivity index (χ4n) is 2.11. The molecule has 0 saturated carbocycles. The van der Waals surface area contributed by atoms with Gasteiger partial charge < -0.3 is 14.2 Å². The smallest absolute Gasteiger partial charge is 0.338 e. The number of methoxy groups -OCH3 is 1. The normalized spacial score (nSPS) is 10.1. The molecule has 0 N–H and O–H groups in total. The maximum absolute atomic E-state index is 14.3. The van der Waals surface area contributed by atoms with Crippen LogP contribution in [-0.2, 0) is 9.59 Å². The second-order valence-corrected chi connectivity index (χ2v) is 5.85. The van der Waals surface area contributed by atoms with E-state index in [4.69, 9.17) is 14.2 Å². The number of carbonyl (C=O) groups is 2. The van der Waals surface area contributed by atoms with Crippen molar-refractivity contribution in [2.75, 3.05) is 7.11 Å². The lowest BCUT2D eigenvalue weighted by molar-refractivity contribution is -0.131. The molecular formula is C21H19FO5. The number of hydrogen-bond acceptors (Lipinski definition) is 5. The molecule has 0 aliphatic heterocycles. The van der Waals surface area contributed by atoms with Crippen molar-refractivity contribution in [2.24, 2.45) is 0 Å². The zero-order valence-corrected chi connectivity index (χ0v) is 15.3. The minimum atomic E-state index is -0.707.